The molecule has 1 aromatic heterocycles. The van der Waals surface area contributed by atoms with Crippen molar-refractivity contribution in [3.05, 3.63) is 59.9 Å². The minimum absolute atomic E-state index is 0. The highest BCUT2D eigenvalue weighted by Gasteiger charge is 2.06. The Morgan fingerprint density at radius 1 is 1.20 bits per heavy atom. The normalized spacial score (nSPS) is 10.8. The highest BCUT2D eigenvalue weighted by Crippen LogP contribution is 2.08. The van der Waals surface area contributed by atoms with Crippen LogP contribution in [0.15, 0.2) is 53.7 Å². The molecule has 2 aromatic rings. The van der Waals surface area contributed by atoms with Crippen LogP contribution in [0.1, 0.15) is 18.2 Å². The molecule has 5 nitrogen and oxygen atoms in total. The van der Waals surface area contributed by atoms with Gasteiger partial charge in [0.25, 0.3) is 0 Å². The highest BCUT2D eigenvalue weighted by atomic mass is 127. The van der Waals surface area contributed by atoms with Crippen molar-refractivity contribution in [2.24, 2.45) is 4.99 Å². The second-order valence-electron chi connectivity index (χ2n) is 5.52. The molecule has 2 rings (SSSR count). The van der Waals surface area contributed by atoms with E-state index in [1.54, 1.807) is 0 Å². The Hall–Kier alpha value is -1.83. The van der Waals surface area contributed by atoms with Crippen LogP contribution in [-0.4, -0.2) is 42.6 Å². The van der Waals surface area contributed by atoms with Gasteiger partial charge in [-0.2, -0.15) is 0 Å². The van der Waals surface area contributed by atoms with Gasteiger partial charge in [-0.1, -0.05) is 24.3 Å². The average molecular weight is 454 g/mol. The number of nitrogens with zero attached hydrogens (tertiary/aromatic N) is 3. The molecule has 6 heteroatoms. The number of guanidine groups is 1. The number of hydrogen-bond acceptors (Lipinski definition) is 3. The van der Waals surface area contributed by atoms with Gasteiger partial charge in [0.05, 0.1) is 18.8 Å². The number of hydrogen-bond donors (Lipinski definition) is 1. The topological polar surface area (TPSA) is 49.8 Å². The summed E-state index contributed by atoms with van der Waals surface area (Å²) in [6.45, 7) is 6.87. The molecule has 136 valence electrons. The first-order valence-corrected chi connectivity index (χ1v) is 8.28. The lowest BCUT2D eigenvalue weighted by molar-refractivity contribution is 0.281. The van der Waals surface area contributed by atoms with Gasteiger partial charge in [-0.3, -0.25) is 4.98 Å². The Labute approximate surface area is 167 Å². The van der Waals surface area contributed by atoms with Crippen LogP contribution in [0.4, 0.5) is 0 Å². The third-order valence-electron chi connectivity index (χ3n) is 3.63. The number of aryl methyl sites for hydroxylation is 1. The summed E-state index contributed by atoms with van der Waals surface area (Å²) in [7, 11) is 2.02. The number of halogens is 1. The fourth-order valence-electron chi connectivity index (χ4n) is 2.23. The maximum atomic E-state index is 5.75. The quantitative estimate of drug-likeness (QED) is 0.396. The zero-order valence-corrected chi connectivity index (χ0v) is 17.4. The number of aliphatic imine (C=N–C) groups is 1. The first-order valence-electron chi connectivity index (χ1n) is 8.28. The number of nitrogens with one attached hydrogen (secondary N) is 1. The lowest BCUT2D eigenvalue weighted by atomic mass is 10.2. The number of para-hydroxylation sites is 1. The van der Waals surface area contributed by atoms with Crippen molar-refractivity contribution in [2.75, 3.05) is 26.7 Å². The molecule has 0 unspecified atom stereocenters. The van der Waals surface area contributed by atoms with E-state index in [-0.39, 0.29) is 24.0 Å². The molecule has 25 heavy (non-hydrogen) atoms. The standard InChI is InChI=1S/C19H26N4O.HI/c1-4-20-19(22-15-18-16(2)9-8-12-21-18)23(3)13-14-24-17-10-6-5-7-11-17;/h5-12H,4,13-15H2,1-3H3,(H,20,22);1H. The summed E-state index contributed by atoms with van der Waals surface area (Å²) in [4.78, 5) is 11.2. The molecule has 0 radical (unpaired) electrons. The van der Waals surface area contributed by atoms with Gasteiger partial charge in [0.1, 0.15) is 12.4 Å². The molecular formula is C19H27IN4O. The van der Waals surface area contributed by atoms with E-state index in [0.29, 0.717) is 13.2 Å². The second-order valence-corrected chi connectivity index (χ2v) is 5.52. The van der Waals surface area contributed by atoms with Gasteiger partial charge in [0.2, 0.25) is 0 Å². The Balaban J connectivity index is 0.00000312. The van der Waals surface area contributed by atoms with Gasteiger partial charge in [-0.25, -0.2) is 4.99 Å². The van der Waals surface area contributed by atoms with Crippen molar-refractivity contribution < 1.29 is 4.74 Å². The number of aromatic nitrogens is 1. The SMILES string of the molecule is CCNC(=NCc1ncccc1C)N(C)CCOc1ccccc1.I. The summed E-state index contributed by atoms with van der Waals surface area (Å²) in [5.74, 6) is 1.75. The van der Waals surface area contributed by atoms with E-state index in [4.69, 9.17) is 4.74 Å². The van der Waals surface area contributed by atoms with Gasteiger partial charge in [0.15, 0.2) is 5.96 Å². The molecule has 0 fully saturated rings. The van der Waals surface area contributed by atoms with Crippen molar-refractivity contribution >= 4 is 29.9 Å². The third-order valence-corrected chi connectivity index (χ3v) is 3.63. The number of benzene rings is 1. The molecule has 1 N–H and O–H groups in total. The molecule has 0 aliphatic rings. The van der Waals surface area contributed by atoms with Crippen molar-refractivity contribution in [3.63, 3.8) is 0 Å². The Morgan fingerprint density at radius 3 is 2.64 bits per heavy atom. The van der Waals surface area contributed by atoms with Gasteiger partial charge in [-0.05, 0) is 37.6 Å². The number of pyridine rings is 1. The smallest absolute Gasteiger partial charge is 0.194 e. The van der Waals surface area contributed by atoms with Crippen molar-refractivity contribution in [2.45, 2.75) is 20.4 Å². The van der Waals surface area contributed by atoms with Crippen LogP contribution in [0, 0.1) is 6.92 Å². The molecule has 0 aliphatic carbocycles. The van der Waals surface area contributed by atoms with E-state index in [0.717, 1.165) is 36.1 Å². The van der Waals surface area contributed by atoms with E-state index >= 15 is 0 Å². The fraction of sp³-hybridized carbons (Fsp3) is 0.368. The number of likely N-dealkylation sites (N-methyl/N-ethyl adjacent to an activating group) is 1. The maximum absolute atomic E-state index is 5.75. The van der Waals surface area contributed by atoms with E-state index < -0.39 is 0 Å². The third kappa shape index (κ3) is 7.29. The van der Waals surface area contributed by atoms with Crippen molar-refractivity contribution in [3.8, 4) is 5.75 Å². The van der Waals surface area contributed by atoms with Crippen LogP contribution in [-0.2, 0) is 6.54 Å². The Bertz CT molecular complexity index is 649. The molecule has 0 saturated heterocycles. The molecule has 0 spiro atoms. The zero-order valence-electron chi connectivity index (χ0n) is 15.1. The summed E-state index contributed by atoms with van der Waals surface area (Å²) in [5, 5.41) is 3.31. The van der Waals surface area contributed by atoms with Crippen LogP contribution in [0.3, 0.4) is 0 Å². The van der Waals surface area contributed by atoms with Crippen molar-refractivity contribution in [1.29, 1.82) is 0 Å². The minimum Gasteiger partial charge on any atom is -0.492 e. The maximum Gasteiger partial charge on any atom is 0.194 e. The van der Waals surface area contributed by atoms with Crippen LogP contribution in [0.2, 0.25) is 0 Å². The molecule has 0 bridgehead atoms. The summed E-state index contributed by atoms with van der Waals surface area (Å²) >= 11 is 0. The molecule has 1 heterocycles. The van der Waals surface area contributed by atoms with E-state index in [9.17, 15) is 0 Å². The van der Waals surface area contributed by atoms with Crippen molar-refractivity contribution in [1.82, 2.24) is 15.2 Å². The van der Waals surface area contributed by atoms with Crippen LogP contribution in [0.5, 0.6) is 5.75 Å². The number of rotatable bonds is 7. The van der Waals surface area contributed by atoms with E-state index in [1.165, 1.54) is 0 Å². The average Bonchev–Trinajstić information content (AvgIpc) is 2.60. The number of ether oxygens (including phenoxy) is 1. The first-order chi connectivity index (χ1) is 11.7. The summed E-state index contributed by atoms with van der Waals surface area (Å²) < 4.78 is 5.75. The predicted molar refractivity (Wildman–Crippen MR) is 114 cm³/mol. The molecule has 0 amide bonds. The monoisotopic (exact) mass is 454 g/mol. The molecule has 0 aliphatic heterocycles. The van der Waals surface area contributed by atoms with Gasteiger partial charge >= 0.3 is 0 Å². The lowest BCUT2D eigenvalue weighted by Crippen LogP contribution is -2.40. The summed E-state index contributed by atoms with van der Waals surface area (Å²) in [6.07, 6.45) is 1.81. The molecular weight excluding hydrogens is 427 g/mol. The zero-order chi connectivity index (χ0) is 17.2. The second kappa shape index (κ2) is 11.7. The predicted octanol–water partition coefficient (Wildman–Crippen LogP) is 3.48. The van der Waals surface area contributed by atoms with Gasteiger partial charge in [0, 0.05) is 19.8 Å². The molecule has 0 atom stereocenters. The van der Waals surface area contributed by atoms with Gasteiger partial charge < -0.3 is 15.0 Å². The highest BCUT2D eigenvalue weighted by molar-refractivity contribution is 14.0. The lowest BCUT2D eigenvalue weighted by Gasteiger charge is -2.22. The van der Waals surface area contributed by atoms with Gasteiger partial charge in [-0.15, -0.1) is 24.0 Å². The van der Waals surface area contributed by atoms with Crippen LogP contribution >= 0.6 is 24.0 Å². The Kier molecular flexibility index (Phi) is 9.91. The largest absolute Gasteiger partial charge is 0.492 e. The summed E-state index contributed by atoms with van der Waals surface area (Å²) in [5.41, 5.74) is 2.16. The first kappa shape index (κ1) is 21.2. The van der Waals surface area contributed by atoms with E-state index in [2.05, 4.69) is 40.1 Å². The Morgan fingerprint density at radius 2 is 1.96 bits per heavy atom. The fourth-order valence-corrected chi connectivity index (χ4v) is 2.23. The minimum atomic E-state index is 0. The van der Waals surface area contributed by atoms with E-state index in [1.807, 2.05) is 49.6 Å². The molecule has 0 saturated carbocycles. The summed E-state index contributed by atoms with van der Waals surface area (Å²) in [6, 6.07) is 13.9. The van der Waals surface area contributed by atoms with Crippen LogP contribution < -0.4 is 10.1 Å². The molecule has 1 aromatic carbocycles. The van der Waals surface area contributed by atoms with Crippen LogP contribution in [0.25, 0.3) is 0 Å².